The number of amides is 1. The lowest BCUT2D eigenvalue weighted by Gasteiger charge is -2.11. The van der Waals surface area contributed by atoms with E-state index in [1.54, 1.807) is 49.4 Å². The number of hydrogen-bond acceptors (Lipinski definition) is 2. The molecule has 176 valence electrons. The summed E-state index contributed by atoms with van der Waals surface area (Å²) in [4.78, 5) is 13.1. The summed E-state index contributed by atoms with van der Waals surface area (Å²) in [7, 11) is 0. The molecule has 0 fully saturated rings. The highest BCUT2D eigenvalue weighted by Gasteiger charge is 2.47. The van der Waals surface area contributed by atoms with Gasteiger partial charge in [0, 0.05) is 28.7 Å². The van der Waals surface area contributed by atoms with Gasteiger partial charge in [-0.15, -0.1) is 0 Å². The van der Waals surface area contributed by atoms with Crippen LogP contribution >= 0.6 is 0 Å². The molecule has 4 nitrogen and oxygen atoms in total. The molecule has 0 unspecified atom stereocenters. The van der Waals surface area contributed by atoms with Gasteiger partial charge >= 0.3 is 6.18 Å². The van der Waals surface area contributed by atoms with Crippen molar-refractivity contribution in [3.63, 3.8) is 0 Å². The molecule has 5 rings (SSSR count). The van der Waals surface area contributed by atoms with E-state index in [4.69, 9.17) is 0 Å². The predicted octanol–water partition coefficient (Wildman–Crippen LogP) is 6.49. The molecule has 8 heteroatoms. The average molecular weight is 477 g/mol. The number of rotatable bonds is 4. The van der Waals surface area contributed by atoms with Gasteiger partial charge in [0.15, 0.2) is 5.71 Å². The standard InChI is InChI=1S/C27H19F4N3O/c1-17-22(21-9-5-6-10-24(21)33(17)16-18-11-13-19(28)14-12-18)15-23-25(27(29,30)31)32-34(26(23)35)20-7-3-2-4-8-20/h2-15H,16H2,1H3/b23-15-. The monoisotopic (exact) mass is 477 g/mol. The topological polar surface area (TPSA) is 37.6 Å². The fourth-order valence-electron chi connectivity index (χ4n) is 4.26. The maximum atomic E-state index is 13.9. The van der Waals surface area contributed by atoms with Gasteiger partial charge in [0.2, 0.25) is 0 Å². The second-order valence-electron chi connectivity index (χ2n) is 8.19. The van der Waals surface area contributed by atoms with E-state index in [1.807, 2.05) is 16.7 Å². The Balaban J connectivity index is 1.65. The molecular weight excluding hydrogens is 458 g/mol. The number of carbonyl (C=O) groups excluding carboxylic acids is 1. The van der Waals surface area contributed by atoms with Crippen LogP contribution in [0.25, 0.3) is 17.0 Å². The van der Waals surface area contributed by atoms with E-state index in [0.717, 1.165) is 16.1 Å². The molecule has 1 aliphatic heterocycles. The molecule has 1 aliphatic rings. The number of carbonyl (C=O) groups is 1. The number of aromatic nitrogens is 1. The van der Waals surface area contributed by atoms with E-state index >= 15 is 0 Å². The van der Waals surface area contributed by atoms with Crippen LogP contribution in [0.4, 0.5) is 23.2 Å². The number of nitrogens with zero attached hydrogens (tertiary/aromatic N) is 3. The number of halogens is 4. The van der Waals surface area contributed by atoms with Gasteiger partial charge in [-0.2, -0.15) is 23.3 Å². The fourth-order valence-corrected chi connectivity index (χ4v) is 4.26. The first-order chi connectivity index (χ1) is 16.7. The summed E-state index contributed by atoms with van der Waals surface area (Å²) in [5.74, 6) is -1.20. The smallest absolute Gasteiger partial charge is 0.340 e. The molecule has 0 atom stereocenters. The molecule has 3 aromatic carbocycles. The van der Waals surface area contributed by atoms with Crippen LogP contribution in [0.3, 0.4) is 0 Å². The Hall–Kier alpha value is -4.20. The summed E-state index contributed by atoms with van der Waals surface area (Å²) in [6.45, 7) is 2.18. The third-order valence-electron chi connectivity index (χ3n) is 5.97. The zero-order valence-electron chi connectivity index (χ0n) is 18.6. The number of hydrazone groups is 1. The SMILES string of the molecule is Cc1c(/C=C2\C(=O)N(c3ccccc3)N=C2C(F)(F)F)c2ccccc2n1Cc1ccc(F)cc1. The van der Waals surface area contributed by atoms with Crippen molar-refractivity contribution >= 4 is 34.3 Å². The predicted molar refractivity (Wildman–Crippen MR) is 128 cm³/mol. The van der Waals surface area contributed by atoms with Gasteiger partial charge < -0.3 is 4.57 Å². The molecule has 0 radical (unpaired) electrons. The van der Waals surface area contributed by atoms with Crippen LogP contribution in [-0.2, 0) is 11.3 Å². The average Bonchev–Trinajstić information content (AvgIpc) is 3.31. The van der Waals surface area contributed by atoms with Gasteiger partial charge in [-0.25, -0.2) is 4.39 Å². The third kappa shape index (κ3) is 4.12. The second kappa shape index (κ2) is 8.54. The van der Waals surface area contributed by atoms with Gasteiger partial charge in [-0.1, -0.05) is 48.5 Å². The van der Waals surface area contributed by atoms with Crippen LogP contribution in [-0.4, -0.2) is 22.4 Å². The largest absolute Gasteiger partial charge is 0.435 e. The van der Waals surface area contributed by atoms with E-state index in [9.17, 15) is 22.4 Å². The molecule has 0 bridgehead atoms. The maximum Gasteiger partial charge on any atom is 0.435 e. The minimum Gasteiger partial charge on any atom is -0.340 e. The Labute approximate surface area is 198 Å². The molecule has 0 N–H and O–H groups in total. The number of para-hydroxylation sites is 2. The zero-order valence-corrected chi connectivity index (χ0v) is 18.6. The lowest BCUT2D eigenvalue weighted by atomic mass is 10.0. The van der Waals surface area contributed by atoms with Gasteiger partial charge in [0.05, 0.1) is 11.3 Å². The van der Waals surface area contributed by atoms with Crippen LogP contribution in [0, 0.1) is 12.7 Å². The van der Waals surface area contributed by atoms with Crippen molar-refractivity contribution in [1.29, 1.82) is 0 Å². The van der Waals surface area contributed by atoms with E-state index in [0.29, 0.717) is 23.2 Å². The first-order valence-electron chi connectivity index (χ1n) is 10.8. The quantitative estimate of drug-likeness (QED) is 0.245. The molecule has 4 aromatic rings. The van der Waals surface area contributed by atoms with E-state index < -0.39 is 23.4 Å². The molecule has 35 heavy (non-hydrogen) atoms. The highest BCUT2D eigenvalue weighted by atomic mass is 19.4. The van der Waals surface area contributed by atoms with Crippen LogP contribution in [0.15, 0.2) is 89.5 Å². The number of benzene rings is 3. The minimum absolute atomic E-state index is 0.248. The Morgan fingerprint density at radius 3 is 2.26 bits per heavy atom. The van der Waals surface area contributed by atoms with Crippen molar-refractivity contribution in [3.8, 4) is 0 Å². The summed E-state index contributed by atoms with van der Waals surface area (Å²) in [6, 6.07) is 21.3. The van der Waals surface area contributed by atoms with Crippen molar-refractivity contribution in [2.75, 3.05) is 5.01 Å². The van der Waals surface area contributed by atoms with E-state index in [2.05, 4.69) is 5.10 Å². The fraction of sp³-hybridized carbons (Fsp3) is 0.111. The lowest BCUT2D eigenvalue weighted by Crippen LogP contribution is -2.25. The van der Waals surface area contributed by atoms with Crippen molar-refractivity contribution in [1.82, 2.24) is 4.57 Å². The van der Waals surface area contributed by atoms with Gasteiger partial charge in [0.25, 0.3) is 5.91 Å². The normalized spacial score (nSPS) is 15.3. The van der Waals surface area contributed by atoms with Crippen LogP contribution in [0.2, 0.25) is 0 Å². The Bertz CT molecular complexity index is 1480. The van der Waals surface area contributed by atoms with Crippen molar-refractivity contribution in [3.05, 3.63) is 107 Å². The van der Waals surface area contributed by atoms with Gasteiger partial charge in [-0.05, 0) is 48.9 Å². The summed E-state index contributed by atoms with van der Waals surface area (Å²) in [6.07, 6.45) is -3.54. The Morgan fingerprint density at radius 1 is 0.914 bits per heavy atom. The maximum absolute atomic E-state index is 13.9. The molecule has 0 saturated carbocycles. The van der Waals surface area contributed by atoms with Gasteiger partial charge in [0.1, 0.15) is 5.82 Å². The van der Waals surface area contributed by atoms with Crippen LogP contribution in [0.1, 0.15) is 16.8 Å². The van der Waals surface area contributed by atoms with Gasteiger partial charge in [-0.3, -0.25) is 4.79 Å². The van der Waals surface area contributed by atoms with Crippen molar-refractivity contribution in [2.45, 2.75) is 19.6 Å². The zero-order chi connectivity index (χ0) is 24.7. The van der Waals surface area contributed by atoms with E-state index in [-0.39, 0.29) is 11.5 Å². The Kier molecular flexibility index (Phi) is 5.51. The lowest BCUT2D eigenvalue weighted by molar-refractivity contribution is -0.114. The number of alkyl halides is 3. The van der Waals surface area contributed by atoms with E-state index in [1.165, 1.54) is 30.3 Å². The summed E-state index contributed by atoms with van der Waals surface area (Å²) >= 11 is 0. The first kappa shape index (κ1) is 22.6. The molecule has 0 spiro atoms. The number of hydrogen-bond donors (Lipinski definition) is 0. The summed E-state index contributed by atoms with van der Waals surface area (Å²) in [5, 5.41) is 5.13. The van der Waals surface area contributed by atoms with Crippen molar-refractivity contribution < 1.29 is 22.4 Å². The highest BCUT2D eigenvalue weighted by molar-refractivity contribution is 6.34. The minimum atomic E-state index is -4.81. The molecule has 0 saturated heterocycles. The van der Waals surface area contributed by atoms with Crippen molar-refractivity contribution in [2.24, 2.45) is 5.10 Å². The summed E-state index contributed by atoms with van der Waals surface area (Å²) < 4.78 is 57.1. The van der Waals surface area contributed by atoms with Crippen LogP contribution < -0.4 is 5.01 Å². The first-order valence-corrected chi connectivity index (χ1v) is 10.8. The molecule has 0 aliphatic carbocycles. The Morgan fingerprint density at radius 2 is 1.57 bits per heavy atom. The molecular formula is C27H19F4N3O. The summed E-state index contributed by atoms with van der Waals surface area (Å²) in [5.41, 5.74) is 1.29. The third-order valence-corrected chi connectivity index (χ3v) is 5.97. The number of anilines is 1. The second-order valence-corrected chi connectivity index (χ2v) is 8.19. The number of fused-ring (bicyclic) bond motifs is 1. The molecule has 1 aromatic heterocycles. The highest BCUT2D eigenvalue weighted by Crippen LogP contribution is 2.35. The van der Waals surface area contributed by atoms with Crippen LogP contribution in [0.5, 0.6) is 0 Å². The molecule has 1 amide bonds. The molecule has 2 heterocycles.